The number of esters is 1. The summed E-state index contributed by atoms with van der Waals surface area (Å²) in [5.74, 6) is -1.26. The van der Waals surface area contributed by atoms with Crippen molar-refractivity contribution in [2.45, 2.75) is 294 Å². The van der Waals surface area contributed by atoms with Gasteiger partial charge in [-0.15, -0.1) is 0 Å². The Morgan fingerprint density at radius 1 is 0.548 bits per heavy atom. The Kier molecular flexibility index (Phi) is 46.6. The van der Waals surface area contributed by atoms with Crippen LogP contribution in [0, 0.1) is 0 Å². The fourth-order valence-electron chi connectivity index (χ4n) is 8.92. The molecule has 1 saturated heterocycles. The van der Waals surface area contributed by atoms with Crippen molar-refractivity contribution in [2.24, 2.45) is 0 Å². The third kappa shape index (κ3) is 38.3. The summed E-state index contributed by atoms with van der Waals surface area (Å²) in [6, 6.07) is -1.05. The molecule has 0 radical (unpaired) electrons. The molecule has 0 aromatic carbocycles. The van der Waals surface area contributed by atoms with Gasteiger partial charge in [-0.2, -0.15) is 0 Å². The number of hydrogen-bond acceptors (Lipinski definition) is 10. The van der Waals surface area contributed by atoms with Gasteiger partial charge in [0.25, 0.3) is 0 Å². The second kappa shape index (κ2) is 49.9. The minimum atomic E-state index is -1.62. The molecule has 8 atom stereocenters. The monoisotopic (exact) mass is 1030 g/mol. The van der Waals surface area contributed by atoms with Gasteiger partial charge in [0.1, 0.15) is 24.4 Å². The van der Waals surface area contributed by atoms with E-state index in [4.69, 9.17) is 14.2 Å². The number of aliphatic hydroxyl groups excluding tert-OH is 5. The number of allylic oxidation sites excluding steroid dienone is 11. The molecular weight excluding hydrogens is 919 g/mol. The van der Waals surface area contributed by atoms with Crippen LogP contribution in [0.3, 0.4) is 0 Å². The third-order valence-corrected chi connectivity index (χ3v) is 13.6. The maximum atomic E-state index is 13.4. The van der Waals surface area contributed by atoms with E-state index in [1.165, 1.54) is 122 Å². The quantitative estimate of drug-likeness (QED) is 0.0195. The molecule has 1 aliphatic heterocycles. The van der Waals surface area contributed by atoms with E-state index in [1.807, 2.05) is 18.2 Å². The third-order valence-electron chi connectivity index (χ3n) is 13.6. The smallest absolute Gasteiger partial charge is 0.306 e. The van der Waals surface area contributed by atoms with E-state index in [1.54, 1.807) is 6.08 Å². The van der Waals surface area contributed by atoms with Crippen molar-refractivity contribution in [1.29, 1.82) is 0 Å². The maximum absolute atomic E-state index is 13.4. The van der Waals surface area contributed by atoms with Crippen molar-refractivity contribution in [1.82, 2.24) is 5.32 Å². The normalized spacial score (nSPS) is 19.9. The number of nitrogens with one attached hydrogen (secondary N) is 1. The molecular formula is C62H109NO10. The topological polar surface area (TPSA) is 175 Å². The zero-order valence-corrected chi connectivity index (χ0v) is 46.5. The van der Waals surface area contributed by atoms with Gasteiger partial charge in [0, 0.05) is 6.42 Å². The van der Waals surface area contributed by atoms with E-state index in [-0.39, 0.29) is 19.4 Å². The zero-order chi connectivity index (χ0) is 53.3. The number of rotatable bonds is 49. The number of hydrogen-bond donors (Lipinski definition) is 6. The van der Waals surface area contributed by atoms with Gasteiger partial charge in [0.05, 0.1) is 25.4 Å². The Morgan fingerprint density at radius 2 is 0.986 bits per heavy atom. The summed E-state index contributed by atoms with van der Waals surface area (Å²) in [7, 11) is 0. The van der Waals surface area contributed by atoms with Gasteiger partial charge in [-0.1, -0.05) is 248 Å². The van der Waals surface area contributed by atoms with Crippen LogP contribution in [0.2, 0.25) is 0 Å². The molecule has 0 aromatic heterocycles. The Hall–Kier alpha value is -2.90. The van der Waals surface area contributed by atoms with Crippen LogP contribution in [0.5, 0.6) is 0 Å². The number of ether oxygens (including phenoxy) is 3. The van der Waals surface area contributed by atoms with Gasteiger partial charge in [-0.3, -0.25) is 9.59 Å². The first-order chi connectivity index (χ1) is 35.7. The molecule has 11 nitrogen and oxygen atoms in total. The van der Waals surface area contributed by atoms with Gasteiger partial charge >= 0.3 is 5.97 Å². The number of unbranched alkanes of at least 4 members (excludes halogenated alkanes) is 25. The molecule has 73 heavy (non-hydrogen) atoms. The molecule has 11 heteroatoms. The standard InChI is InChI=1S/C62H109NO10/c1-4-7-10-13-16-19-22-24-26-28-30-32-35-38-41-44-47-50-57(67)73-60-59(69)58(68)56(51-64)72-62(60)71-52-53(54(65)48-45-42-39-36-33-21-18-15-12-9-6-3)63-61(70)55(66)49-46-43-40-37-34-31-29-27-25-23-20-17-14-11-8-5-2/h8,11,17,20,25,27,31,34,40,43,45,48,53-56,58-60,62,64-66,68-69H,4-7,9-10,12-16,18-19,21-24,26,28-30,32-33,35-39,41-42,44,46-47,49-52H2,1-3H3,(H,63,70)/b11-8-,20-17-,27-25-,34-31-,43-40-,48-45+. The van der Waals surface area contributed by atoms with Crippen molar-refractivity contribution in [3.05, 3.63) is 72.9 Å². The molecule has 0 aromatic rings. The minimum Gasteiger partial charge on any atom is -0.454 e. The highest BCUT2D eigenvalue weighted by Crippen LogP contribution is 2.26. The van der Waals surface area contributed by atoms with Gasteiger partial charge in [-0.05, 0) is 64.2 Å². The first-order valence-corrected chi connectivity index (χ1v) is 29.7. The summed E-state index contributed by atoms with van der Waals surface area (Å²) >= 11 is 0. The highest BCUT2D eigenvalue weighted by molar-refractivity contribution is 5.80. The minimum absolute atomic E-state index is 0.118. The average molecular weight is 1030 g/mol. The van der Waals surface area contributed by atoms with Crippen LogP contribution in [0.25, 0.3) is 0 Å². The lowest BCUT2D eigenvalue weighted by Crippen LogP contribution is -2.61. The molecule has 0 aliphatic carbocycles. The molecule has 0 saturated carbocycles. The number of amides is 1. The molecule has 0 bridgehead atoms. The Balaban J connectivity index is 2.73. The Bertz CT molecular complexity index is 1460. The molecule has 6 N–H and O–H groups in total. The molecule has 8 unspecified atom stereocenters. The summed E-state index contributed by atoms with van der Waals surface area (Å²) in [6.45, 7) is 5.63. The Labute approximate surface area is 445 Å². The lowest BCUT2D eigenvalue weighted by molar-refractivity contribution is -0.305. The molecule has 1 fully saturated rings. The van der Waals surface area contributed by atoms with Crippen molar-refractivity contribution < 1.29 is 49.3 Å². The van der Waals surface area contributed by atoms with E-state index < -0.39 is 67.4 Å². The lowest BCUT2D eigenvalue weighted by Gasteiger charge is -2.41. The average Bonchev–Trinajstić information content (AvgIpc) is 3.39. The van der Waals surface area contributed by atoms with E-state index in [9.17, 15) is 35.1 Å². The number of aliphatic hydroxyl groups is 5. The van der Waals surface area contributed by atoms with E-state index in [2.05, 4.69) is 74.7 Å². The van der Waals surface area contributed by atoms with Crippen molar-refractivity contribution >= 4 is 11.9 Å². The predicted octanol–water partition coefficient (Wildman–Crippen LogP) is 13.6. The first kappa shape index (κ1) is 68.1. The van der Waals surface area contributed by atoms with Gasteiger partial charge < -0.3 is 45.1 Å². The summed E-state index contributed by atoms with van der Waals surface area (Å²) in [5, 5.41) is 56.8. The predicted molar refractivity (Wildman–Crippen MR) is 301 cm³/mol. The fourth-order valence-corrected chi connectivity index (χ4v) is 8.92. The molecule has 0 spiro atoms. The molecule has 1 aliphatic rings. The maximum Gasteiger partial charge on any atom is 0.306 e. The van der Waals surface area contributed by atoms with E-state index >= 15 is 0 Å². The Morgan fingerprint density at radius 3 is 1.45 bits per heavy atom. The molecule has 1 heterocycles. The van der Waals surface area contributed by atoms with Crippen LogP contribution < -0.4 is 5.32 Å². The molecule has 1 rings (SSSR count). The van der Waals surface area contributed by atoms with E-state index in [0.29, 0.717) is 12.8 Å². The summed E-state index contributed by atoms with van der Waals surface area (Å²) < 4.78 is 17.6. The highest BCUT2D eigenvalue weighted by atomic mass is 16.7. The number of carbonyl (C=O) groups is 2. The summed E-state index contributed by atoms with van der Waals surface area (Å²) in [5.41, 5.74) is 0. The van der Waals surface area contributed by atoms with Crippen molar-refractivity contribution in [3.8, 4) is 0 Å². The zero-order valence-electron chi connectivity index (χ0n) is 46.5. The second-order valence-electron chi connectivity index (χ2n) is 20.4. The van der Waals surface area contributed by atoms with Gasteiger partial charge in [0.15, 0.2) is 12.4 Å². The lowest BCUT2D eigenvalue weighted by atomic mass is 9.99. The van der Waals surface area contributed by atoms with Crippen molar-refractivity contribution in [2.75, 3.05) is 13.2 Å². The SMILES string of the molecule is CC/C=C\C/C=C\C/C=C\C/C=C\C/C=C\CCC(O)C(=O)NC(COC1OC(CO)C(O)C(O)C1OC(=O)CCCCCCCCCCCCCCCCCCC)C(O)/C=C/CCCCCCCCCCC. The number of carbonyl (C=O) groups excluding carboxylic acids is 2. The highest BCUT2D eigenvalue weighted by Gasteiger charge is 2.47. The summed E-state index contributed by atoms with van der Waals surface area (Å²) in [4.78, 5) is 26.5. The van der Waals surface area contributed by atoms with E-state index in [0.717, 1.165) is 77.0 Å². The fraction of sp³-hybridized carbons (Fsp3) is 0.774. The molecule has 1 amide bonds. The second-order valence-corrected chi connectivity index (χ2v) is 20.4. The first-order valence-electron chi connectivity index (χ1n) is 29.7. The van der Waals surface area contributed by atoms with Gasteiger partial charge in [0.2, 0.25) is 5.91 Å². The summed E-state index contributed by atoms with van der Waals surface area (Å²) in [6.07, 6.45) is 52.4. The largest absolute Gasteiger partial charge is 0.454 e. The van der Waals surface area contributed by atoms with Crippen LogP contribution >= 0.6 is 0 Å². The van der Waals surface area contributed by atoms with Crippen LogP contribution in [-0.4, -0.2) is 99.6 Å². The van der Waals surface area contributed by atoms with Gasteiger partial charge in [-0.25, -0.2) is 0 Å². The molecule has 422 valence electrons. The van der Waals surface area contributed by atoms with Crippen LogP contribution in [0.1, 0.15) is 245 Å². The van der Waals surface area contributed by atoms with Crippen molar-refractivity contribution in [3.63, 3.8) is 0 Å². The van der Waals surface area contributed by atoms with Crippen LogP contribution in [0.4, 0.5) is 0 Å². The van der Waals surface area contributed by atoms with Crippen LogP contribution in [-0.2, 0) is 23.8 Å². The van der Waals surface area contributed by atoms with Crippen LogP contribution in [0.15, 0.2) is 72.9 Å².